The molecule has 0 bridgehead atoms. The SMILES string of the molecule is CCCCCCN1C(N/N=C/c2cccnc2)=NC2C1C(=O)NC(=O)N2C. The number of amides is 3. The number of hydrogen-bond donors (Lipinski definition) is 2. The smallest absolute Gasteiger partial charge is 0.325 e. The Bertz CT molecular complexity index is 734. The first-order chi connectivity index (χ1) is 13.1. The lowest BCUT2D eigenvalue weighted by molar-refractivity contribution is -0.127. The molecule has 27 heavy (non-hydrogen) atoms. The molecule has 9 nitrogen and oxygen atoms in total. The van der Waals surface area contributed by atoms with Crippen LogP contribution in [0.5, 0.6) is 0 Å². The first kappa shape index (κ1) is 18.8. The maximum Gasteiger partial charge on any atom is 0.325 e. The summed E-state index contributed by atoms with van der Waals surface area (Å²) in [6, 6.07) is 2.74. The summed E-state index contributed by atoms with van der Waals surface area (Å²) in [6.45, 7) is 2.83. The Labute approximate surface area is 158 Å². The van der Waals surface area contributed by atoms with Crippen LogP contribution in [0, 0.1) is 0 Å². The largest absolute Gasteiger partial charge is 0.326 e. The normalized spacial score (nSPS) is 22.1. The van der Waals surface area contributed by atoms with Gasteiger partial charge in [0.15, 0.2) is 12.2 Å². The Morgan fingerprint density at radius 1 is 1.33 bits per heavy atom. The molecule has 2 aliphatic rings. The Hall–Kier alpha value is -2.97. The molecule has 2 atom stereocenters. The number of unbranched alkanes of at least 4 members (excludes halogenated alkanes) is 3. The molecule has 1 saturated heterocycles. The second-order valence-corrected chi connectivity index (χ2v) is 6.63. The van der Waals surface area contributed by atoms with Crippen molar-refractivity contribution < 1.29 is 9.59 Å². The highest BCUT2D eigenvalue weighted by molar-refractivity contribution is 6.03. The number of aliphatic imine (C=N–C) groups is 1. The number of rotatable bonds is 7. The van der Waals surface area contributed by atoms with Gasteiger partial charge in [0.25, 0.3) is 5.91 Å². The highest BCUT2D eigenvalue weighted by Gasteiger charge is 2.48. The molecule has 3 amide bonds. The molecule has 144 valence electrons. The molecule has 0 aliphatic carbocycles. The Kier molecular flexibility index (Phi) is 6.00. The van der Waals surface area contributed by atoms with Gasteiger partial charge in [-0.2, -0.15) is 5.10 Å². The molecule has 2 N–H and O–H groups in total. The monoisotopic (exact) mass is 371 g/mol. The zero-order valence-corrected chi connectivity index (χ0v) is 15.6. The van der Waals surface area contributed by atoms with Crippen LogP contribution in [0.25, 0.3) is 0 Å². The first-order valence-corrected chi connectivity index (χ1v) is 9.23. The topological polar surface area (TPSA) is 102 Å². The van der Waals surface area contributed by atoms with E-state index in [2.05, 4.69) is 32.7 Å². The van der Waals surface area contributed by atoms with Gasteiger partial charge in [0.1, 0.15) is 0 Å². The van der Waals surface area contributed by atoms with E-state index in [0.717, 1.165) is 31.2 Å². The van der Waals surface area contributed by atoms with Crippen molar-refractivity contribution in [1.82, 2.24) is 25.5 Å². The van der Waals surface area contributed by atoms with Crippen molar-refractivity contribution in [3.05, 3.63) is 30.1 Å². The van der Waals surface area contributed by atoms with Crippen LogP contribution in [-0.2, 0) is 4.79 Å². The zero-order valence-electron chi connectivity index (χ0n) is 15.6. The average Bonchev–Trinajstić information content (AvgIpc) is 3.03. The van der Waals surface area contributed by atoms with Crippen molar-refractivity contribution in [3.63, 3.8) is 0 Å². The molecule has 9 heteroatoms. The minimum atomic E-state index is -0.548. The van der Waals surface area contributed by atoms with Gasteiger partial charge in [0.2, 0.25) is 5.96 Å². The molecule has 0 spiro atoms. The molecule has 0 saturated carbocycles. The standard InChI is InChI=1S/C18H25N7O2/c1-3-4-5-6-10-25-14-15(24(2)18(27)22-16(14)26)21-17(25)23-20-12-13-8-7-9-19-11-13/h7-9,11-12,14-15H,3-6,10H2,1-2H3,(H,21,23)(H,22,26,27)/b20-12+. The fourth-order valence-electron chi connectivity index (χ4n) is 3.19. The fourth-order valence-corrected chi connectivity index (χ4v) is 3.19. The maximum absolute atomic E-state index is 12.4. The van der Waals surface area contributed by atoms with Gasteiger partial charge in [-0.15, -0.1) is 0 Å². The lowest BCUT2D eigenvalue weighted by Gasteiger charge is -2.36. The summed E-state index contributed by atoms with van der Waals surface area (Å²) in [5, 5.41) is 6.62. The minimum Gasteiger partial charge on any atom is -0.326 e. The van der Waals surface area contributed by atoms with Gasteiger partial charge in [-0.1, -0.05) is 32.3 Å². The predicted octanol–water partition coefficient (Wildman–Crippen LogP) is 1.13. The van der Waals surface area contributed by atoms with Gasteiger partial charge in [-0.25, -0.2) is 15.2 Å². The molecule has 0 radical (unpaired) electrons. The average molecular weight is 371 g/mol. The van der Waals surface area contributed by atoms with Gasteiger partial charge < -0.3 is 9.80 Å². The van der Waals surface area contributed by atoms with Gasteiger partial charge in [0.05, 0.1) is 6.21 Å². The Balaban J connectivity index is 1.74. The van der Waals surface area contributed by atoms with Crippen molar-refractivity contribution in [2.24, 2.45) is 10.1 Å². The van der Waals surface area contributed by atoms with Crippen LogP contribution >= 0.6 is 0 Å². The third-order valence-electron chi connectivity index (χ3n) is 4.68. The number of fused-ring (bicyclic) bond motifs is 1. The second kappa shape index (κ2) is 8.61. The number of nitrogens with zero attached hydrogens (tertiary/aromatic N) is 5. The number of nitrogens with one attached hydrogen (secondary N) is 2. The van der Waals surface area contributed by atoms with E-state index in [-0.39, 0.29) is 5.91 Å². The summed E-state index contributed by atoms with van der Waals surface area (Å²) in [4.78, 5) is 36.3. The van der Waals surface area contributed by atoms with Crippen LogP contribution in [0.15, 0.2) is 34.6 Å². The van der Waals surface area contributed by atoms with E-state index in [0.29, 0.717) is 12.5 Å². The fraction of sp³-hybridized carbons (Fsp3) is 0.500. The number of carbonyl (C=O) groups is 2. The van der Waals surface area contributed by atoms with Gasteiger partial charge in [-0.05, 0) is 12.5 Å². The van der Waals surface area contributed by atoms with E-state index < -0.39 is 18.2 Å². The number of imide groups is 1. The molecule has 2 aliphatic heterocycles. The van der Waals surface area contributed by atoms with E-state index in [4.69, 9.17) is 0 Å². The number of hydrogen-bond acceptors (Lipinski definition) is 7. The zero-order chi connectivity index (χ0) is 19.2. The highest BCUT2D eigenvalue weighted by Crippen LogP contribution is 2.23. The summed E-state index contributed by atoms with van der Waals surface area (Å²) in [7, 11) is 1.64. The molecule has 1 fully saturated rings. The van der Waals surface area contributed by atoms with Gasteiger partial charge in [-0.3, -0.25) is 15.1 Å². The molecule has 3 rings (SSSR count). The lowest BCUT2D eigenvalue weighted by Crippen LogP contribution is -2.64. The second-order valence-electron chi connectivity index (χ2n) is 6.63. The molecular formula is C18H25N7O2. The summed E-state index contributed by atoms with van der Waals surface area (Å²) in [6.07, 6.45) is 8.78. The number of likely N-dealkylation sites (N-methyl/N-ethyl adjacent to an activating group) is 1. The molecule has 0 aromatic carbocycles. The van der Waals surface area contributed by atoms with E-state index in [1.165, 1.54) is 4.90 Å². The van der Waals surface area contributed by atoms with E-state index in [1.54, 1.807) is 25.7 Å². The molecule has 3 heterocycles. The number of guanidine groups is 1. The molecular weight excluding hydrogens is 346 g/mol. The summed E-state index contributed by atoms with van der Waals surface area (Å²) >= 11 is 0. The predicted molar refractivity (Wildman–Crippen MR) is 102 cm³/mol. The van der Waals surface area contributed by atoms with Crippen molar-refractivity contribution in [2.75, 3.05) is 13.6 Å². The van der Waals surface area contributed by atoms with E-state index in [9.17, 15) is 9.59 Å². The minimum absolute atomic E-state index is 0.324. The number of aromatic nitrogens is 1. The number of urea groups is 1. The van der Waals surface area contributed by atoms with Gasteiger partial charge >= 0.3 is 6.03 Å². The number of pyridine rings is 1. The summed E-state index contributed by atoms with van der Waals surface area (Å²) < 4.78 is 0. The van der Waals surface area contributed by atoms with Gasteiger partial charge in [0, 0.05) is 31.5 Å². The summed E-state index contributed by atoms with van der Waals surface area (Å²) in [5.41, 5.74) is 3.78. The Morgan fingerprint density at radius 2 is 2.19 bits per heavy atom. The number of hydrazone groups is 1. The third kappa shape index (κ3) is 4.24. The van der Waals surface area contributed by atoms with E-state index in [1.807, 2.05) is 17.0 Å². The maximum atomic E-state index is 12.4. The van der Waals surface area contributed by atoms with Crippen LogP contribution in [-0.4, -0.2) is 64.7 Å². The van der Waals surface area contributed by atoms with E-state index >= 15 is 0 Å². The number of carbonyl (C=O) groups excluding carboxylic acids is 2. The van der Waals surface area contributed by atoms with Crippen LogP contribution in [0.3, 0.4) is 0 Å². The van der Waals surface area contributed by atoms with Crippen molar-refractivity contribution >= 4 is 24.1 Å². The third-order valence-corrected chi connectivity index (χ3v) is 4.68. The van der Waals surface area contributed by atoms with Crippen LogP contribution in [0.1, 0.15) is 38.2 Å². The lowest BCUT2D eigenvalue weighted by atomic mass is 10.1. The Morgan fingerprint density at radius 3 is 2.93 bits per heavy atom. The van der Waals surface area contributed by atoms with Crippen molar-refractivity contribution in [2.45, 2.75) is 44.8 Å². The van der Waals surface area contributed by atoms with Crippen LogP contribution < -0.4 is 10.7 Å². The van der Waals surface area contributed by atoms with Crippen LogP contribution in [0.4, 0.5) is 4.79 Å². The van der Waals surface area contributed by atoms with Crippen molar-refractivity contribution in [1.29, 1.82) is 0 Å². The highest BCUT2D eigenvalue weighted by atomic mass is 16.2. The van der Waals surface area contributed by atoms with Crippen LogP contribution in [0.2, 0.25) is 0 Å². The molecule has 1 aromatic rings. The summed E-state index contributed by atoms with van der Waals surface area (Å²) in [5.74, 6) is 0.175. The molecule has 1 aromatic heterocycles. The molecule has 2 unspecified atom stereocenters. The first-order valence-electron chi connectivity index (χ1n) is 9.23. The quantitative estimate of drug-likeness (QED) is 0.425. The van der Waals surface area contributed by atoms with Crippen molar-refractivity contribution in [3.8, 4) is 0 Å².